The van der Waals surface area contributed by atoms with Crippen LogP contribution in [0.1, 0.15) is 16.3 Å². The number of carbonyl (C=O) groups is 1. The SMILES string of the molecule is COc1cc(ONCc2csc(-c3ccc(CN4CCN(C=O)CC4)cc3)n2)c2cc(-c3cn4nc(C)sc4n3)oc2c1. The molecule has 0 radical (unpaired) electrons. The Hall–Kier alpha value is -4.30. The molecule has 1 N–H and O–H groups in total. The molecule has 0 aliphatic carbocycles. The second-order valence-electron chi connectivity index (χ2n) is 10.3. The molecule has 1 amide bonds. The number of ether oxygens (including phenoxy) is 1. The second-order valence-corrected chi connectivity index (χ2v) is 12.3. The fourth-order valence-corrected chi connectivity index (χ4v) is 6.63. The molecule has 1 aliphatic rings. The number of furan rings is 1. The van der Waals surface area contributed by atoms with Crippen molar-refractivity contribution in [3.05, 3.63) is 70.3 Å². The van der Waals surface area contributed by atoms with Crippen molar-refractivity contribution in [1.82, 2.24) is 34.9 Å². The quantitative estimate of drug-likeness (QED) is 0.168. The van der Waals surface area contributed by atoms with E-state index < -0.39 is 0 Å². The van der Waals surface area contributed by atoms with Crippen LogP contribution in [-0.4, -0.2) is 69.1 Å². The third-order valence-electron chi connectivity index (χ3n) is 7.36. The van der Waals surface area contributed by atoms with Gasteiger partial charge in [0.15, 0.2) is 11.5 Å². The maximum Gasteiger partial charge on any atom is 0.212 e. The topological polar surface area (TPSA) is 110 Å². The van der Waals surface area contributed by atoms with Gasteiger partial charge in [-0.25, -0.2) is 14.5 Å². The number of hydrogen-bond donors (Lipinski definition) is 1. The minimum absolute atomic E-state index is 0.424. The average molecular weight is 616 g/mol. The molecule has 0 bridgehead atoms. The first kappa shape index (κ1) is 27.5. The van der Waals surface area contributed by atoms with Gasteiger partial charge < -0.3 is 18.9 Å². The van der Waals surface area contributed by atoms with Gasteiger partial charge in [0.25, 0.3) is 0 Å². The fourth-order valence-electron chi connectivity index (χ4n) is 5.08. The van der Waals surface area contributed by atoms with Crippen LogP contribution >= 0.6 is 22.7 Å². The number of imidazole rings is 1. The van der Waals surface area contributed by atoms with Gasteiger partial charge in [-0.1, -0.05) is 35.6 Å². The highest BCUT2D eigenvalue weighted by Gasteiger charge is 2.18. The van der Waals surface area contributed by atoms with Crippen LogP contribution in [0.25, 0.3) is 38.0 Å². The highest BCUT2D eigenvalue weighted by Crippen LogP contribution is 2.37. The van der Waals surface area contributed by atoms with Crippen LogP contribution in [0.15, 0.2) is 58.5 Å². The van der Waals surface area contributed by atoms with Gasteiger partial charge in [0.05, 0.1) is 30.9 Å². The zero-order valence-corrected chi connectivity index (χ0v) is 25.3. The van der Waals surface area contributed by atoms with Crippen molar-refractivity contribution >= 4 is 45.0 Å². The van der Waals surface area contributed by atoms with E-state index in [0.717, 1.165) is 70.8 Å². The van der Waals surface area contributed by atoms with Crippen LogP contribution in [-0.2, 0) is 17.9 Å². The van der Waals surface area contributed by atoms with Crippen molar-refractivity contribution in [3.8, 4) is 33.5 Å². The summed E-state index contributed by atoms with van der Waals surface area (Å²) in [7, 11) is 1.61. The molecule has 6 aromatic rings. The average Bonchev–Trinajstić information content (AvgIpc) is 3.81. The van der Waals surface area contributed by atoms with Gasteiger partial charge in [0.1, 0.15) is 27.0 Å². The van der Waals surface area contributed by atoms with Crippen LogP contribution in [0.4, 0.5) is 0 Å². The lowest BCUT2D eigenvalue weighted by Crippen LogP contribution is -2.45. The minimum Gasteiger partial charge on any atom is -0.496 e. The third-order valence-corrected chi connectivity index (χ3v) is 9.13. The molecule has 1 aliphatic heterocycles. The molecule has 1 fully saturated rings. The van der Waals surface area contributed by atoms with Crippen molar-refractivity contribution in [3.63, 3.8) is 0 Å². The van der Waals surface area contributed by atoms with Gasteiger partial charge in [0.2, 0.25) is 11.4 Å². The van der Waals surface area contributed by atoms with Gasteiger partial charge in [-0.2, -0.15) is 10.6 Å². The summed E-state index contributed by atoms with van der Waals surface area (Å²) in [5.41, 5.74) is 7.60. The number of fused-ring (bicyclic) bond motifs is 2. The van der Waals surface area contributed by atoms with E-state index in [-0.39, 0.29) is 0 Å². The number of rotatable bonds is 10. The number of piperazine rings is 1. The highest BCUT2D eigenvalue weighted by molar-refractivity contribution is 7.16. The molecule has 11 nitrogen and oxygen atoms in total. The smallest absolute Gasteiger partial charge is 0.212 e. The number of thiazole rings is 1. The number of amides is 1. The van der Waals surface area contributed by atoms with Crippen LogP contribution in [0, 0.1) is 6.92 Å². The predicted octanol–water partition coefficient (Wildman–Crippen LogP) is 5.00. The molecule has 0 spiro atoms. The van der Waals surface area contributed by atoms with Crippen molar-refractivity contribution < 1.29 is 18.8 Å². The monoisotopic (exact) mass is 615 g/mol. The zero-order valence-electron chi connectivity index (χ0n) is 23.6. The minimum atomic E-state index is 0.424. The molecule has 43 heavy (non-hydrogen) atoms. The largest absolute Gasteiger partial charge is 0.496 e. The number of hydroxylamine groups is 1. The van der Waals surface area contributed by atoms with Gasteiger partial charge >= 0.3 is 0 Å². The Morgan fingerprint density at radius 2 is 1.93 bits per heavy atom. The molecule has 0 unspecified atom stereocenters. The van der Waals surface area contributed by atoms with Gasteiger partial charge in [-0.15, -0.1) is 11.3 Å². The maximum absolute atomic E-state index is 10.9. The van der Waals surface area contributed by atoms with E-state index in [1.54, 1.807) is 23.0 Å². The van der Waals surface area contributed by atoms with Crippen LogP contribution in [0.2, 0.25) is 0 Å². The molecule has 7 rings (SSSR count). The first-order valence-corrected chi connectivity index (χ1v) is 15.5. The summed E-state index contributed by atoms with van der Waals surface area (Å²) in [5, 5.41) is 9.18. The van der Waals surface area contributed by atoms with Crippen molar-refractivity contribution in [2.24, 2.45) is 0 Å². The van der Waals surface area contributed by atoms with Gasteiger partial charge in [-0.05, 0) is 18.6 Å². The first-order chi connectivity index (χ1) is 21.0. The first-order valence-electron chi connectivity index (χ1n) is 13.8. The Morgan fingerprint density at radius 1 is 1.09 bits per heavy atom. The number of aromatic nitrogens is 4. The van der Waals surface area contributed by atoms with E-state index >= 15 is 0 Å². The number of methoxy groups -OCH3 is 1. The predicted molar refractivity (Wildman–Crippen MR) is 165 cm³/mol. The molecular formula is C30H29N7O4S2. The Morgan fingerprint density at radius 3 is 2.70 bits per heavy atom. The van der Waals surface area contributed by atoms with Gasteiger partial charge in [0, 0.05) is 55.8 Å². The summed E-state index contributed by atoms with van der Waals surface area (Å²) in [5.74, 6) is 1.83. The molecule has 5 heterocycles. The fraction of sp³-hybridized carbons (Fsp3) is 0.267. The normalized spacial score (nSPS) is 14.1. The maximum atomic E-state index is 10.9. The molecular weight excluding hydrogens is 587 g/mol. The van der Waals surface area contributed by atoms with E-state index in [4.69, 9.17) is 19.0 Å². The molecule has 0 atom stereocenters. The summed E-state index contributed by atoms with van der Waals surface area (Å²) in [4.78, 5) is 31.4. The number of benzene rings is 2. The van der Waals surface area contributed by atoms with Crippen LogP contribution in [0.5, 0.6) is 11.5 Å². The third kappa shape index (κ3) is 5.84. The number of nitrogens with one attached hydrogen (secondary N) is 1. The molecule has 4 aromatic heterocycles. The van der Waals surface area contributed by atoms with Crippen molar-refractivity contribution in [2.75, 3.05) is 33.3 Å². The Bertz CT molecular complexity index is 1850. The summed E-state index contributed by atoms with van der Waals surface area (Å²) < 4.78 is 13.4. The van der Waals surface area contributed by atoms with E-state index in [9.17, 15) is 4.79 Å². The van der Waals surface area contributed by atoms with Crippen molar-refractivity contribution in [2.45, 2.75) is 20.0 Å². The summed E-state index contributed by atoms with van der Waals surface area (Å²) >= 11 is 3.13. The second kappa shape index (κ2) is 11.8. The highest BCUT2D eigenvalue weighted by atomic mass is 32.1. The van der Waals surface area contributed by atoms with E-state index in [2.05, 4.69) is 44.7 Å². The van der Waals surface area contributed by atoms with Crippen LogP contribution < -0.4 is 15.1 Å². The Kier molecular flexibility index (Phi) is 7.53. The summed E-state index contributed by atoms with van der Waals surface area (Å²) in [6.07, 6.45) is 2.80. The Labute approximate surface area is 255 Å². The number of hydrogen-bond acceptors (Lipinski definition) is 11. The molecule has 220 valence electrons. The lowest BCUT2D eigenvalue weighted by atomic mass is 10.1. The molecule has 1 saturated heterocycles. The standard InChI is InChI=1S/C30H29N7O4S2/c1-19-34-37-16-25(33-30(37)43-19)28-13-24-26(40-28)11-23(39-2)12-27(24)41-31-14-22-17-42-29(32-22)21-5-3-20(4-6-21)15-35-7-9-36(18-38)10-8-35/h3-6,11-13,16-18,31H,7-10,14-15H2,1-2H3. The Balaban J connectivity index is 0.999. The molecule has 2 aromatic carbocycles. The molecule has 0 saturated carbocycles. The summed E-state index contributed by atoms with van der Waals surface area (Å²) in [6, 6.07) is 14.1. The van der Waals surface area contributed by atoms with Gasteiger partial charge in [-0.3, -0.25) is 9.69 Å². The summed E-state index contributed by atoms with van der Waals surface area (Å²) in [6.45, 7) is 6.63. The van der Waals surface area contributed by atoms with Crippen LogP contribution in [0.3, 0.4) is 0 Å². The number of nitrogens with zero attached hydrogens (tertiary/aromatic N) is 6. The van der Waals surface area contributed by atoms with E-state index in [1.807, 2.05) is 41.6 Å². The zero-order chi connectivity index (χ0) is 29.3. The van der Waals surface area contributed by atoms with E-state index in [0.29, 0.717) is 35.1 Å². The number of aryl methyl sites for hydroxylation is 1. The van der Waals surface area contributed by atoms with E-state index in [1.165, 1.54) is 16.9 Å². The lowest BCUT2D eigenvalue weighted by molar-refractivity contribution is -0.119. The lowest BCUT2D eigenvalue weighted by Gasteiger charge is -2.32. The van der Waals surface area contributed by atoms with Crippen molar-refractivity contribution in [1.29, 1.82) is 0 Å². The number of carbonyl (C=O) groups excluding carboxylic acids is 1. The molecule has 13 heteroatoms.